The van der Waals surface area contributed by atoms with Gasteiger partial charge in [0.05, 0.1) is 6.61 Å². The van der Waals surface area contributed by atoms with E-state index in [1.165, 1.54) is 17.5 Å². The minimum atomic E-state index is 0.360. The van der Waals surface area contributed by atoms with E-state index in [0.717, 1.165) is 32.6 Å². The highest BCUT2D eigenvalue weighted by atomic mass is 16.5. The van der Waals surface area contributed by atoms with Gasteiger partial charge < -0.3 is 15.2 Å². The molecule has 106 valence electrons. The Hall–Kier alpha value is -1.06. The summed E-state index contributed by atoms with van der Waals surface area (Å²) in [7, 11) is 0. The lowest BCUT2D eigenvalue weighted by Crippen LogP contribution is -2.28. The summed E-state index contributed by atoms with van der Waals surface area (Å²) < 4.78 is 5.59. The quantitative estimate of drug-likeness (QED) is 0.775. The predicted molar refractivity (Wildman–Crippen MR) is 77.4 cm³/mol. The first-order valence-electron chi connectivity index (χ1n) is 7.29. The van der Waals surface area contributed by atoms with Gasteiger partial charge in [-0.2, -0.15) is 0 Å². The van der Waals surface area contributed by atoms with Crippen molar-refractivity contribution in [1.82, 2.24) is 5.32 Å². The van der Waals surface area contributed by atoms with Crippen molar-refractivity contribution in [2.75, 3.05) is 19.8 Å². The maximum absolute atomic E-state index is 9.62. The molecule has 3 nitrogen and oxygen atoms in total. The molecule has 0 saturated heterocycles. The fourth-order valence-corrected chi connectivity index (χ4v) is 2.62. The Bertz CT molecular complexity index is 404. The Labute approximate surface area is 116 Å². The van der Waals surface area contributed by atoms with Gasteiger partial charge in [-0.1, -0.05) is 19.9 Å². The summed E-state index contributed by atoms with van der Waals surface area (Å²) in [5, 5.41) is 13.2. The minimum absolute atomic E-state index is 0.360. The van der Waals surface area contributed by atoms with Gasteiger partial charge in [-0.15, -0.1) is 0 Å². The van der Waals surface area contributed by atoms with Crippen LogP contribution < -0.4 is 5.32 Å². The van der Waals surface area contributed by atoms with E-state index >= 15 is 0 Å². The van der Waals surface area contributed by atoms with Crippen molar-refractivity contribution in [3.8, 4) is 5.75 Å². The van der Waals surface area contributed by atoms with E-state index in [1.807, 2.05) is 12.1 Å². The highest BCUT2D eigenvalue weighted by Gasteiger charge is 2.19. The maximum atomic E-state index is 9.62. The summed E-state index contributed by atoms with van der Waals surface area (Å²) in [6, 6.07) is 6.10. The number of aryl methyl sites for hydroxylation is 1. The van der Waals surface area contributed by atoms with Crippen LogP contribution in [0.15, 0.2) is 18.2 Å². The lowest BCUT2D eigenvalue weighted by atomic mass is 9.87. The Kier molecular flexibility index (Phi) is 5.23. The summed E-state index contributed by atoms with van der Waals surface area (Å²) >= 11 is 0. The van der Waals surface area contributed by atoms with Gasteiger partial charge in [0.1, 0.15) is 5.75 Å². The minimum Gasteiger partial charge on any atom is -0.508 e. The third-order valence-corrected chi connectivity index (χ3v) is 3.53. The summed E-state index contributed by atoms with van der Waals surface area (Å²) in [5.41, 5.74) is 2.62. The first-order chi connectivity index (χ1) is 9.16. The van der Waals surface area contributed by atoms with Gasteiger partial charge >= 0.3 is 0 Å². The average molecular weight is 263 g/mol. The van der Waals surface area contributed by atoms with E-state index in [2.05, 4.69) is 19.2 Å². The van der Waals surface area contributed by atoms with E-state index in [0.29, 0.717) is 17.7 Å². The zero-order valence-corrected chi connectivity index (χ0v) is 12.0. The molecule has 2 rings (SSSR count). The molecule has 1 aromatic rings. The molecule has 1 atom stereocenters. The SMILES string of the molecule is CC(C)COCCNC1CCCc2ccc(O)cc21. The molecule has 0 aliphatic heterocycles. The number of nitrogens with one attached hydrogen (secondary N) is 1. The van der Waals surface area contributed by atoms with Gasteiger partial charge in [-0.3, -0.25) is 0 Å². The Morgan fingerprint density at radius 2 is 2.26 bits per heavy atom. The fraction of sp³-hybridized carbons (Fsp3) is 0.625. The molecule has 0 saturated carbocycles. The molecule has 0 fully saturated rings. The maximum Gasteiger partial charge on any atom is 0.115 e. The number of ether oxygens (including phenoxy) is 1. The van der Waals surface area contributed by atoms with Crippen LogP contribution in [-0.2, 0) is 11.2 Å². The number of rotatable bonds is 6. The number of benzene rings is 1. The van der Waals surface area contributed by atoms with Crippen molar-refractivity contribution in [3.05, 3.63) is 29.3 Å². The second kappa shape index (κ2) is 6.92. The number of hydrogen-bond donors (Lipinski definition) is 2. The average Bonchev–Trinajstić information content (AvgIpc) is 2.38. The molecule has 0 bridgehead atoms. The van der Waals surface area contributed by atoms with E-state index < -0.39 is 0 Å². The highest BCUT2D eigenvalue weighted by molar-refractivity contribution is 5.38. The number of phenols is 1. The molecule has 0 amide bonds. The molecule has 0 aromatic heterocycles. The molecular formula is C16H25NO2. The van der Waals surface area contributed by atoms with Crippen LogP contribution in [0.25, 0.3) is 0 Å². The van der Waals surface area contributed by atoms with Gasteiger partial charge in [0, 0.05) is 19.2 Å². The first-order valence-corrected chi connectivity index (χ1v) is 7.29. The molecular weight excluding hydrogens is 238 g/mol. The van der Waals surface area contributed by atoms with Gasteiger partial charge in [0.25, 0.3) is 0 Å². The Morgan fingerprint density at radius 3 is 3.05 bits per heavy atom. The lowest BCUT2D eigenvalue weighted by Gasteiger charge is -2.26. The molecule has 0 radical (unpaired) electrons. The van der Waals surface area contributed by atoms with Crippen LogP contribution in [0.4, 0.5) is 0 Å². The fourth-order valence-electron chi connectivity index (χ4n) is 2.62. The van der Waals surface area contributed by atoms with Crippen molar-refractivity contribution >= 4 is 0 Å². The molecule has 3 heteroatoms. The summed E-state index contributed by atoms with van der Waals surface area (Å²) in [6.45, 7) is 6.76. The first kappa shape index (κ1) is 14.4. The van der Waals surface area contributed by atoms with Crippen LogP contribution in [0.5, 0.6) is 5.75 Å². The largest absolute Gasteiger partial charge is 0.508 e. The Balaban J connectivity index is 1.84. The van der Waals surface area contributed by atoms with E-state index in [9.17, 15) is 5.11 Å². The van der Waals surface area contributed by atoms with Crippen LogP contribution in [-0.4, -0.2) is 24.9 Å². The van der Waals surface area contributed by atoms with Crippen molar-refractivity contribution < 1.29 is 9.84 Å². The van der Waals surface area contributed by atoms with Crippen LogP contribution in [0, 0.1) is 5.92 Å². The molecule has 0 spiro atoms. The van der Waals surface area contributed by atoms with Gasteiger partial charge in [0.15, 0.2) is 0 Å². The molecule has 1 aliphatic carbocycles. The van der Waals surface area contributed by atoms with Gasteiger partial charge in [-0.25, -0.2) is 0 Å². The van der Waals surface area contributed by atoms with Crippen LogP contribution in [0.1, 0.15) is 43.9 Å². The zero-order chi connectivity index (χ0) is 13.7. The summed E-state index contributed by atoms with van der Waals surface area (Å²) in [4.78, 5) is 0. The van der Waals surface area contributed by atoms with Gasteiger partial charge in [0.2, 0.25) is 0 Å². The molecule has 1 aliphatic rings. The van der Waals surface area contributed by atoms with Gasteiger partial charge in [-0.05, 0) is 48.4 Å². The van der Waals surface area contributed by atoms with E-state index in [-0.39, 0.29) is 0 Å². The summed E-state index contributed by atoms with van der Waals surface area (Å²) in [6.07, 6.45) is 3.47. The number of hydrogen-bond acceptors (Lipinski definition) is 3. The second-order valence-electron chi connectivity index (χ2n) is 5.75. The van der Waals surface area contributed by atoms with Crippen molar-refractivity contribution in [3.63, 3.8) is 0 Å². The van der Waals surface area contributed by atoms with Crippen molar-refractivity contribution in [1.29, 1.82) is 0 Å². The van der Waals surface area contributed by atoms with Crippen molar-refractivity contribution in [2.45, 2.75) is 39.2 Å². The third-order valence-electron chi connectivity index (χ3n) is 3.53. The van der Waals surface area contributed by atoms with Crippen LogP contribution in [0.3, 0.4) is 0 Å². The van der Waals surface area contributed by atoms with Crippen LogP contribution in [0.2, 0.25) is 0 Å². The second-order valence-corrected chi connectivity index (χ2v) is 5.75. The van der Waals surface area contributed by atoms with E-state index in [1.54, 1.807) is 6.07 Å². The molecule has 1 aromatic carbocycles. The lowest BCUT2D eigenvalue weighted by molar-refractivity contribution is 0.109. The summed E-state index contributed by atoms with van der Waals surface area (Å²) in [5.74, 6) is 0.955. The van der Waals surface area contributed by atoms with E-state index in [4.69, 9.17) is 4.74 Å². The monoisotopic (exact) mass is 263 g/mol. The molecule has 2 N–H and O–H groups in total. The number of aromatic hydroxyl groups is 1. The number of fused-ring (bicyclic) bond motifs is 1. The van der Waals surface area contributed by atoms with Crippen LogP contribution >= 0.6 is 0 Å². The smallest absolute Gasteiger partial charge is 0.115 e. The van der Waals surface area contributed by atoms with Crippen molar-refractivity contribution in [2.24, 2.45) is 5.92 Å². The normalized spacial score (nSPS) is 18.6. The zero-order valence-electron chi connectivity index (χ0n) is 12.0. The standard InChI is InChI=1S/C16H25NO2/c1-12(2)11-19-9-8-17-16-5-3-4-13-6-7-14(18)10-15(13)16/h6-7,10,12,16-18H,3-5,8-9,11H2,1-2H3. The molecule has 19 heavy (non-hydrogen) atoms. The molecule has 0 heterocycles. The topological polar surface area (TPSA) is 41.5 Å². The Morgan fingerprint density at radius 1 is 1.42 bits per heavy atom. The predicted octanol–water partition coefficient (Wildman–Crippen LogP) is 3.03. The number of phenolic OH excluding ortho intramolecular Hbond substituents is 1. The molecule has 1 unspecified atom stereocenters. The highest BCUT2D eigenvalue weighted by Crippen LogP contribution is 2.31. The third kappa shape index (κ3) is 4.22.